The number of aryl methyl sites for hydroxylation is 2. The molecule has 0 radical (unpaired) electrons. The number of benzene rings is 1. The maximum absolute atomic E-state index is 11.5. The molecular weight excluding hydrogens is 323 g/mol. The summed E-state index contributed by atoms with van der Waals surface area (Å²) in [5, 5.41) is 10.5. The summed E-state index contributed by atoms with van der Waals surface area (Å²) < 4.78 is 28.8. The molecule has 0 spiro atoms. The normalized spacial score (nSPS) is 37.2. The fourth-order valence-corrected chi connectivity index (χ4v) is 4.02. The summed E-state index contributed by atoms with van der Waals surface area (Å²) >= 11 is 0. The van der Waals surface area contributed by atoms with Gasteiger partial charge in [0.25, 0.3) is 0 Å². The highest BCUT2D eigenvalue weighted by molar-refractivity contribution is 7.47. The first kappa shape index (κ1) is 15.3. The van der Waals surface area contributed by atoms with Gasteiger partial charge in [0.15, 0.2) is 6.23 Å². The summed E-state index contributed by atoms with van der Waals surface area (Å²) in [6, 6.07) is 3.95. The maximum Gasteiger partial charge on any atom is 0.472 e. The zero-order valence-corrected chi connectivity index (χ0v) is 13.5. The minimum Gasteiger partial charge on any atom is -0.386 e. The van der Waals surface area contributed by atoms with Crippen molar-refractivity contribution in [1.82, 2.24) is 9.55 Å². The van der Waals surface area contributed by atoms with Crippen molar-refractivity contribution in [3.63, 3.8) is 0 Å². The van der Waals surface area contributed by atoms with Gasteiger partial charge in [-0.1, -0.05) is 0 Å². The van der Waals surface area contributed by atoms with E-state index < -0.39 is 32.4 Å². The molecule has 23 heavy (non-hydrogen) atoms. The Balaban J connectivity index is 1.72. The molecule has 9 heteroatoms. The van der Waals surface area contributed by atoms with Crippen molar-refractivity contribution in [3.8, 4) is 0 Å². The molecule has 2 aromatic rings. The van der Waals surface area contributed by atoms with Crippen LogP contribution >= 0.6 is 7.82 Å². The molecule has 1 aromatic carbocycles. The van der Waals surface area contributed by atoms with E-state index >= 15 is 0 Å². The second-order valence-corrected chi connectivity index (χ2v) is 7.37. The monoisotopic (exact) mass is 340 g/mol. The molecule has 5 atom stereocenters. The van der Waals surface area contributed by atoms with Gasteiger partial charge in [-0.3, -0.25) is 9.05 Å². The molecule has 2 N–H and O–H groups in total. The van der Waals surface area contributed by atoms with Crippen LogP contribution in [0.3, 0.4) is 0 Å². The number of aliphatic hydroxyl groups excluding tert-OH is 1. The largest absolute Gasteiger partial charge is 0.472 e. The van der Waals surface area contributed by atoms with Gasteiger partial charge in [-0.15, -0.1) is 0 Å². The Bertz CT molecular complexity index is 821. The van der Waals surface area contributed by atoms with Crippen molar-refractivity contribution >= 4 is 18.9 Å². The molecule has 1 aromatic heterocycles. The summed E-state index contributed by atoms with van der Waals surface area (Å²) in [4.78, 5) is 13.8. The molecule has 3 heterocycles. The van der Waals surface area contributed by atoms with E-state index in [4.69, 9.17) is 13.8 Å². The zero-order chi connectivity index (χ0) is 16.4. The Morgan fingerprint density at radius 2 is 2.09 bits per heavy atom. The van der Waals surface area contributed by atoms with Crippen LogP contribution in [0, 0.1) is 13.8 Å². The molecule has 2 aliphatic rings. The zero-order valence-electron chi connectivity index (χ0n) is 12.6. The number of aliphatic hydroxyl groups is 1. The van der Waals surface area contributed by atoms with Crippen LogP contribution in [0.25, 0.3) is 11.0 Å². The number of aromatic nitrogens is 2. The Morgan fingerprint density at radius 1 is 1.35 bits per heavy atom. The molecule has 2 fully saturated rings. The second kappa shape index (κ2) is 5.11. The molecule has 124 valence electrons. The van der Waals surface area contributed by atoms with E-state index in [1.165, 1.54) is 0 Å². The molecule has 2 saturated heterocycles. The molecule has 2 aliphatic heterocycles. The summed E-state index contributed by atoms with van der Waals surface area (Å²) in [7, 11) is -4.12. The smallest absolute Gasteiger partial charge is 0.386 e. The lowest BCUT2D eigenvalue weighted by Gasteiger charge is -2.27. The van der Waals surface area contributed by atoms with Crippen molar-refractivity contribution in [1.29, 1.82) is 0 Å². The number of phosphoric acid groups is 1. The van der Waals surface area contributed by atoms with Crippen LogP contribution < -0.4 is 0 Å². The number of ether oxygens (including phenoxy) is 1. The molecule has 5 unspecified atom stereocenters. The maximum atomic E-state index is 11.5. The molecule has 0 aliphatic carbocycles. The van der Waals surface area contributed by atoms with Crippen molar-refractivity contribution in [2.45, 2.75) is 38.4 Å². The number of hydrogen-bond donors (Lipinski definition) is 2. The average molecular weight is 340 g/mol. The van der Waals surface area contributed by atoms with Gasteiger partial charge in [0.1, 0.15) is 18.3 Å². The molecule has 0 amide bonds. The van der Waals surface area contributed by atoms with E-state index in [1.807, 2.05) is 26.0 Å². The number of hydrogen-bond acceptors (Lipinski definition) is 6. The number of fused-ring (bicyclic) bond motifs is 2. The quantitative estimate of drug-likeness (QED) is 0.757. The number of imidazole rings is 1. The van der Waals surface area contributed by atoms with Crippen LogP contribution in [0.15, 0.2) is 18.5 Å². The van der Waals surface area contributed by atoms with Crippen LogP contribution in [-0.4, -0.2) is 44.5 Å². The standard InChI is InChI=1S/C14H17N2O6P/c1-7-3-9-10(4-8(7)2)16(6-15-9)14-12(17)13-11(21-14)5-20-23(18,19)22-13/h3-4,6,11-14,17H,5H2,1-2H3,(H,18,19). The van der Waals surface area contributed by atoms with Gasteiger partial charge in [0.05, 0.1) is 24.0 Å². The third-order valence-electron chi connectivity index (χ3n) is 4.43. The number of nitrogens with zero attached hydrogens (tertiary/aromatic N) is 2. The van der Waals surface area contributed by atoms with Gasteiger partial charge < -0.3 is 19.3 Å². The van der Waals surface area contributed by atoms with Crippen molar-refractivity contribution in [2.75, 3.05) is 6.61 Å². The first-order chi connectivity index (χ1) is 10.9. The van der Waals surface area contributed by atoms with E-state index in [1.54, 1.807) is 10.9 Å². The highest BCUT2D eigenvalue weighted by atomic mass is 31.2. The van der Waals surface area contributed by atoms with Crippen molar-refractivity contribution < 1.29 is 28.3 Å². The lowest BCUT2D eigenvalue weighted by atomic mass is 10.1. The molecule has 4 rings (SSSR count). The van der Waals surface area contributed by atoms with Crippen LogP contribution in [0.1, 0.15) is 17.4 Å². The fourth-order valence-electron chi connectivity index (χ4n) is 3.05. The Morgan fingerprint density at radius 3 is 2.87 bits per heavy atom. The van der Waals surface area contributed by atoms with E-state index in [0.29, 0.717) is 0 Å². The van der Waals surface area contributed by atoms with E-state index in [0.717, 1.165) is 22.2 Å². The van der Waals surface area contributed by atoms with Gasteiger partial charge in [-0.2, -0.15) is 0 Å². The van der Waals surface area contributed by atoms with Gasteiger partial charge in [-0.05, 0) is 37.1 Å². The van der Waals surface area contributed by atoms with Crippen molar-refractivity contribution in [2.24, 2.45) is 0 Å². The van der Waals surface area contributed by atoms with E-state index in [-0.39, 0.29) is 6.61 Å². The molecule has 0 saturated carbocycles. The van der Waals surface area contributed by atoms with Crippen LogP contribution in [-0.2, 0) is 18.3 Å². The first-order valence-corrected chi connectivity index (χ1v) is 8.78. The van der Waals surface area contributed by atoms with Gasteiger partial charge in [0, 0.05) is 0 Å². The minimum absolute atomic E-state index is 0.100. The fraction of sp³-hybridized carbons (Fsp3) is 0.500. The lowest BCUT2D eigenvalue weighted by molar-refractivity contribution is -0.0663. The highest BCUT2D eigenvalue weighted by Gasteiger charge is 2.52. The van der Waals surface area contributed by atoms with E-state index in [9.17, 15) is 14.6 Å². The first-order valence-electron chi connectivity index (χ1n) is 7.29. The average Bonchev–Trinajstić information content (AvgIpc) is 3.01. The summed E-state index contributed by atoms with van der Waals surface area (Å²) in [6.45, 7) is 3.90. The SMILES string of the molecule is Cc1cc2ncn(C3OC4COP(=O)(O)OC4C3O)c2cc1C. The van der Waals surface area contributed by atoms with E-state index in [2.05, 4.69) is 4.98 Å². The minimum atomic E-state index is -4.12. The van der Waals surface area contributed by atoms with Crippen molar-refractivity contribution in [3.05, 3.63) is 29.6 Å². The number of phosphoric ester groups is 1. The van der Waals surface area contributed by atoms with Crippen LogP contribution in [0.2, 0.25) is 0 Å². The topological polar surface area (TPSA) is 103 Å². The summed E-state index contributed by atoms with van der Waals surface area (Å²) in [6.07, 6.45) is -1.77. The molecule has 0 bridgehead atoms. The molecule has 8 nitrogen and oxygen atoms in total. The summed E-state index contributed by atoms with van der Waals surface area (Å²) in [5.74, 6) is 0. The Labute approximate surface area is 132 Å². The Kier molecular flexibility index (Phi) is 3.39. The van der Waals surface area contributed by atoms with Gasteiger partial charge in [-0.25, -0.2) is 9.55 Å². The molecular formula is C14H17N2O6P. The third kappa shape index (κ3) is 2.42. The van der Waals surface area contributed by atoms with Crippen LogP contribution in [0.5, 0.6) is 0 Å². The predicted octanol–water partition coefficient (Wildman–Crippen LogP) is 1.43. The van der Waals surface area contributed by atoms with Crippen LogP contribution in [0.4, 0.5) is 0 Å². The van der Waals surface area contributed by atoms with Gasteiger partial charge in [0.2, 0.25) is 0 Å². The predicted molar refractivity (Wildman–Crippen MR) is 79.8 cm³/mol. The lowest BCUT2D eigenvalue weighted by Crippen LogP contribution is -2.39. The number of rotatable bonds is 1. The Hall–Kier alpha value is -1.28. The third-order valence-corrected chi connectivity index (χ3v) is 5.42. The summed E-state index contributed by atoms with van der Waals surface area (Å²) in [5.41, 5.74) is 3.85. The highest BCUT2D eigenvalue weighted by Crippen LogP contribution is 2.52. The van der Waals surface area contributed by atoms with Gasteiger partial charge >= 0.3 is 7.82 Å². The second-order valence-electron chi connectivity index (χ2n) is 5.97.